The highest BCUT2D eigenvalue weighted by Crippen LogP contribution is 2.30. The van der Waals surface area contributed by atoms with Gasteiger partial charge in [-0.2, -0.15) is 0 Å². The first-order valence-corrected chi connectivity index (χ1v) is 5.40. The fourth-order valence-corrected chi connectivity index (χ4v) is 1.80. The van der Waals surface area contributed by atoms with Gasteiger partial charge in [-0.25, -0.2) is 9.97 Å². The van der Waals surface area contributed by atoms with E-state index < -0.39 is 0 Å². The third-order valence-electron chi connectivity index (χ3n) is 2.23. The molecule has 5 heteroatoms. The number of benzene rings is 1. The third kappa shape index (κ3) is 2.42. The summed E-state index contributed by atoms with van der Waals surface area (Å²) < 4.78 is 0. The smallest absolute Gasteiger partial charge is 0.211 e. The lowest BCUT2D eigenvalue weighted by Crippen LogP contribution is -2.03. The van der Waals surface area contributed by atoms with E-state index in [1.165, 1.54) is 0 Å². The van der Waals surface area contributed by atoms with Crippen LogP contribution in [0.5, 0.6) is 0 Å². The summed E-state index contributed by atoms with van der Waals surface area (Å²) in [7, 11) is 0. The average Bonchev–Trinajstić information content (AvgIpc) is 2.33. The molecule has 1 aromatic carbocycles. The normalized spacial score (nSPS) is 10.0. The van der Waals surface area contributed by atoms with Gasteiger partial charge in [-0.05, 0) is 6.92 Å². The van der Waals surface area contributed by atoms with Crippen molar-refractivity contribution in [2.75, 3.05) is 5.32 Å². The topological polar surface area (TPSA) is 54.9 Å². The van der Waals surface area contributed by atoms with E-state index in [4.69, 9.17) is 11.6 Å². The Morgan fingerprint density at radius 3 is 2.59 bits per heavy atom. The number of aryl methyl sites for hydroxylation is 1. The van der Waals surface area contributed by atoms with E-state index in [9.17, 15) is 4.79 Å². The van der Waals surface area contributed by atoms with Crippen molar-refractivity contribution in [3.8, 4) is 11.3 Å². The molecule has 0 bridgehead atoms. The van der Waals surface area contributed by atoms with E-state index in [0.29, 0.717) is 23.6 Å². The molecule has 0 unspecified atom stereocenters. The highest BCUT2D eigenvalue weighted by atomic mass is 35.5. The molecule has 0 radical (unpaired) electrons. The Morgan fingerprint density at radius 2 is 1.94 bits per heavy atom. The molecule has 0 aliphatic carbocycles. The molecule has 1 heterocycles. The summed E-state index contributed by atoms with van der Waals surface area (Å²) in [5.41, 5.74) is 1.93. The Balaban J connectivity index is 2.63. The van der Waals surface area contributed by atoms with Gasteiger partial charge < -0.3 is 5.32 Å². The summed E-state index contributed by atoms with van der Waals surface area (Å²) in [5, 5.41) is 2.77. The molecule has 0 spiro atoms. The highest BCUT2D eigenvalue weighted by Gasteiger charge is 2.12. The van der Waals surface area contributed by atoms with Crippen LogP contribution in [0.4, 0.5) is 5.69 Å². The van der Waals surface area contributed by atoms with Gasteiger partial charge in [0, 0.05) is 5.56 Å². The van der Waals surface area contributed by atoms with Gasteiger partial charge in [-0.15, -0.1) is 0 Å². The summed E-state index contributed by atoms with van der Waals surface area (Å²) in [5.74, 6) is 0.560. The minimum atomic E-state index is 0.239. The molecule has 1 N–H and O–H groups in total. The van der Waals surface area contributed by atoms with Gasteiger partial charge in [0.15, 0.2) is 5.15 Å². The second-order valence-corrected chi connectivity index (χ2v) is 3.77. The van der Waals surface area contributed by atoms with Crippen molar-refractivity contribution in [2.45, 2.75) is 6.92 Å². The number of anilines is 1. The molecular formula is C12H10ClN3O. The molecule has 86 valence electrons. The zero-order chi connectivity index (χ0) is 12.3. The van der Waals surface area contributed by atoms with Gasteiger partial charge in [0.1, 0.15) is 11.5 Å². The van der Waals surface area contributed by atoms with Gasteiger partial charge in [0.25, 0.3) is 0 Å². The Bertz CT molecular complexity index is 543. The van der Waals surface area contributed by atoms with Crippen molar-refractivity contribution in [3.63, 3.8) is 0 Å². The summed E-state index contributed by atoms with van der Waals surface area (Å²) >= 11 is 5.99. The maximum atomic E-state index is 10.6. The number of hydrogen-bond acceptors (Lipinski definition) is 3. The lowest BCUT2D eigenvalue weighted by molar-refractivity contribution is -0.105. The first kappa shape index (κ1) is 11.5. The first-order valence-electron chi connectivity index (χ1n) is 5.02. The fourth-order valence-electron chi connectivity index (χ4n) is 1.53. The Morgan fingerprint density at radius 1 is 1.24 bits per heavy atom. The Hall–Kier alpha value is -1.94. The second-order valence-electron chi connectivity index (χ2n) is 3.41. The van der Waals surface area contributed by atoms with Gasteiger partial charge in [0.2, 0.25) is 6.41 Å². The second kappa shape index (κ2) is 4.93. The van der Waals surface area contributed by atoms with Crippen molar-refractivity contribution in [2.24, 2.45) is 0 Å². The fraction of sp³-hybridized carbons (Fsp3) is 0.0833. The molecule has 0 atom stereocenters. The third-order valence-corrected chi connectivity index (χ3v) is 2.50. The van der Waals surface area contributed by atoms with Crippen LogP contribution in [0, 0.1) is 6.92 Å². The molecular weight excluding hydrogens is 238 g/mol. The SMILES string of the molecule is Cc1nc(Cl)c(NC=O)c(-c2ccccc2)n1. The quantitative estimate of drug-likeness (QED) is 0.670. The molecule has 0 fully saturated rings. The predicted molar refractivity (Wildman–Crippen MR) is 66.9 cm³/mol. The van der Waals surface area contributed by atoms with Crippen LogP contribution in [-0.4, -0.2) is 16.4 Å². The molecule has 2 aromatic rings. The van der Waals surface area contributed by atoms with E-state index in [1.807, 2.05) is 30.3 Å². The molecule has 4 nitrogen and oxygen atoms in total. The maximum absolute atomic E-state index is 10.6. The van der Waals surface area contributed by atoms with Crippen LogP contribution in [-0.2, 0) is 4.79 Å². The number of carbonyl (C=O) groups is 1. The van der Waals surface area contributed by atoms with E-state index in [0.717, 1.165) is 5.56 Å². The minimum Gasteiger partial charge on any atom is -0.324 e. The molecule has 0 aliphatic heterocycles. The zero-order valence-electron chi connectivity index (χ0n) is 9.14. The van der Waals surface area contributed by atoms with Crippen LogP contribution in [0.2, 0.25) is 5.15 Å². The average molecular weight is 248 g/mol. The van der Waals surface area contributed by atoms with Crippen LogP contribution >= 0.6 is 11.6 Å². The van der Waals surface area contributed by atoms with E-state index in [2.05, 4.69) is 15.3 Å². The van der Waals surface area contributed by atoms with Crippen LogP contribution in [0.1, 0.15) is 5.82 Å². The van der Waals surface area contributed by atoms with E-state index in [1.54, 1.807) is 6.92 Å². The molecule has 0 saturated heterocycles. The summed E-state index contributed by atoms with van der Waals surface area (Å²) in [6, 6.07) is 9.49. The lowest BCUT2D eigenvalue weighted by Gasteiger charge is -2.09. The lowest BCUT2D eigenvalue weighted by atomic mass is 10.1. The molecule has 1 amide bonds. The number of rotatable bonds is 3. The number of carbonyl (C=O) groups excluding carboxylic acids is 1. The zero-order valence-corrected chi connectivity index (χ0v) is 9.90. The molecule has 0 saturated carbocycles. The predicted octanol–water partition coefficient (Wildman–Crippen LogP) is 2.67. The number of amides is 1. The van der Waals surface area contributed by atoms with Gasteiger partial charge >= 0.3 is 0 Å². The highest BCUT2D eigenvalue weighted by molar-refractivity contribution is 6.33. The standard InChI is InChI=1S/C12H10ClN3O/c1-8-15-10(9-5-3-2-4-6-9)11(14-7-17)12(13)16-8/h2-7H,1H3,(H,14,17). The van der Waals surface area contributed by atoms with Gasteiger partial charge in [0.05, 0.1) is 5.69 Å². The Kier molecular flexibility index (Phi) is 3.35. The first-order chi connectivity index (χ1) is 8.22. The van der Waals surface area contributed by atoms with Gasteiger partial charge in [-0.1, -0.05) is 41.9 Å². The number of hydrogen-bond donors (Lipinski definition) is 1. The largest absolute Gasteiger partial charge is 0.324 e. The van der Waals surface area contributed by atoms with Gasteiger partial charge in [-0.3, -0.25) is 4.79 Å². The van der Waals surface area contributed by atoms with E-state index >= 15 is 0 Å². The van der Waals surface area contributed by atoms with Crippen molar-refractivity contribution in [3.05, 3.63) is 41.3 Å². The molecule has 17 heavy (non-hydrogen) atoms. The van der Waals surface area contributed by atoms with Crippen molar-refractivity contribution in [1.29, 1.82) is 0 Å². The maximum Gasteiger partial charge on any atom is 0.211 e. The molecule has 1 aromatic heterocycles. The Labute approximate surface area is 104 Å². The van der Waals surface area contributed by atoms with Crippen molar-refractivity contribution < 1.29 is 4.79 Å². The monoisotopic (exact) mass is 247 g/mol. The van der Waals surface area contributed by atoms with Crippen LogP contribution in [0.15, 0.2) is 30.3 Å². The summed E-state index contributed by atoms with van der Waals surface area (Å²) in [6.45, 7) is 1.75. The van der Waals surface area contributed by atoms with Crippen molar-refractivity contribution >= 4 is 23.7 Å². The molecule has 0 aliphatic rings. The minimum absolute atomic E-state index is 0.239. The number of halogens is 1. The molecule has 2 rings (SSSR count). The van der Waals surface area contributed by atoms with Crippen LogP contribution < -0.4 is 5.32 Å². The number of aromatic nitrogens is 2. The van der Waals surface area contributed by atoms with Crippen LogP contribution in [0.3, 0.4) is 0 Å². The van der Waals surface area contributed by atoms with Crippen LogP contribution in [0.25, 0.3) is 11.3 Å². The van der Waals surface area contributed by atoms with E-state index in [-0.39, 0.29) is 5.15 Å². The number of nitrogens with zero attached hydrogens (tertiary/aromatic N) is 2. The summed E-state index contributed by atoms with van der Waals surface area (Å²) in [4.78, 5) is 18.9. The summed E-state index contributed by atoms with van der Waals surface area (Å²) in [6.07, 6.45) is 0.562. The van der Waals surface area contributed by atoms with Crippen molar-refractivity contribution in [1.82, 2.24) is 9.97 Å². The number of nitrogens with one attached hydrogen (secondary N) is 1.